The first-order valence-electron chi connectivity index (χ1n) is 9.36. The molecule has 160 valence electrons. The van der Waals surface area contributed by atoms with Gasteiger partial charge in [0, 0.05) is 32.2 Å². The summed E-state index contributed by atoms with van der Waals surface area (Å²) in [6.45, 7) is 2.02. The highest BCUT2D eigenvalue weighted by Crippen LogP contribution is 2.34. The molecule has 1 aromatic carbocycles. The maximum absolute atomic E-state index is 11.6. The highest BCUT2D eigenvalue weighted by molar-refractivity contribution is 7.88. The summed E-state index contributed by atoms with van der Waals surface area (Å²) in [4.78, 5) is 13.7. The minimum Gasteiger partial charge on any atom is -0.507 e. The van der Waals surface area contributed by atoms with Gasteiger partial charge in [0.25, 0.3) is 0 Å². The molecule has 1 aromatic rings. The molecular formula is C17H25BN2O8S. The lowest BCUT2D eigenvalue weighted by Crippen LogP contribution is -2.58. The minimum atomic E-state index is -3.20. The van der Waals surface area contributed by atoms with Gasteiger partial charge >= 0.3 is 13.1 Å². The van der Waals surface area contributed by atoms with Crippen LogP contribution in [0.3, 0.4) is 0 Å². The van der Waals surface area contributed by atoms with Crippen molar-refractivity contribution in [2.45, 2.75) is 31.3 Å². The van der Waals surface area contributed by atoms with Crippen molar-refractivity contribution in [2.24, 2.45) is 0 Å². The van der Waals surface area contributed by atoms with Crippen molar-refractivity contribution in [1.29, 1.82) is 0 Å². The van der Waals surface area contributed by atoms with Gasteiger partial charge in [-0.2, -0.15) is 0 Å². The topological polar surface area (TPSA) is 148 Å². The van der Waals surface area contributed by atoms with E-state index < -0.39 is 28.9 Å². The molecule has 2 aliphatic heterocycles. The number of carbonyl (C=O) groups is 1. The SMILES string of the molecule is CS(=O)(=O)N1CC[C@H](N2CC(Oc3ccc(CCB(O)O)c(O)c3C(=O)O)C2)C1. The molecule has 0 saturated carbocycles. The van der Waals surface area contributed by atoms with Gasteiger partial charge in [0.15, 0.2) is 0 Å². The van der Waals surface area contributed by atoms with E-state index in [0.717, 1.165) is 6.42 Å². The molecule has 29 heavy (non-hydrogen) atoms. The zero-order valence-corrected chi connectivity index (χ0v) is 16.9. The molecule has 12 heteroatoms. The molecule has 1 atom stereocenters. The van der Waals surface area contributed by atoms with E-state index in [1.807, 2.05) is 0 Å². The van der Waals surface area contributed by atoms with E-state index in [4.69, 9.17) is 14.8 Å². The average Bonchev–Trinajstić information content (AvgIpc) is 3.06. The molecular weight excluding hydrogens is 403 g/mol. The Labute approximate surface area is 169 Å². The van der Waals surface area contributed by atoms with E-state index in [9.17, 15) is 23.4 Å². The van der Waals surface area contributed by atoms with Crippen molar-refractivity contribution >= 4 is 23.1 Å². The maximum atomic E-state index is 11.6. The van der Waals surface area contributed by atoms with Gasteiger partial charge in [-0.3, -0.25) is 4.90 Å². The summed E-state index contributed by atoms with van der Waals surface area (Å²) in [6, 6.07) is 3.09. The van der Waals surface area contributed by atoms with Gasteiger partial charge in [-0.15, -0.1) is 0 Å². The number of benzene rings is 1. The predicted molar refractivity (Wildman–Crippen MR) is 105 cm³/mol. The van der Waals surface area contributed by atoms with Gasteiger partial charge in [-0.25, -0.2) is 17.5 Å². The van der Waals surface area contributed by atoms with E-state index >= 15 is 0 Å². The van der Waals surface area contributed by atoms with Crippen LogP contribution in [-0.4, -0.2) is 95.6 Å². The fourth-order valence-electron chi connectivity index (χ4n) is 3.74. The first kappa shape index (κ1) is 21.8. The van der Waals surface area contributed by atoms with Gasteiger partial charge in [-0.1, -0.05) is 6.07 Å². The van der Waals surface area contributed by atoms with Gasteiger partial charge in [0.05, 0.1) is 6.26 Å². The summed E-state index contributed by atoms with van der Waals surface area (Å²) in [7, 11) is -4.75. The summed E-state index contributed by atoms with van der Waals surface area (Å²) in [6.07, 6.45) is 1.76. The van der Waals surface area contributed by atoms with Crippen LogP contribution in [0.25, 0.3) is 0 Å². The van der Waals surface area contributed by atoms with Crippen molar-refractivity contribution in [3.8, 4) is 11.5 Å². The third kappa shape index (κ3) is 5.01. The number of hydrogen-bond donors (Lipinski definition) is 4. The molecule has 0 bridgehead atoms. The number of sulfonamides is 1. The summed E-state index contributed by atoms with van der Waals surface area (Å²) < 4.78 is 30.5. The Balaban J connectivity index is 1.61. The third-order valence-corrected chi connectivity index (χ3v) is 6.66. The van der Waals surface area contributed by atoms with E-state index in [-0.39, 0.29) is 36.2 Å². The number of ether oxygens (including phenoxy) is 1. The molecule has 0 aliphatic carbocycles. The normalized spacial score (nSPS) is 21.1. The standard InChI is InChI=1S/C17H25BN2O8S/c1-29(26,27)20-7-5-12(8-20)19-9-13(10-19)28-14-3-2-11(4-6-18(24)25)16(21)15(14)17(22)23/h2-3,12-13,21,24-25H,4-10H2,1H3,(H,22,23)/t12-/m0/s1. The number of rotatable bonds is 8. The van der Waals surface area contributed by atoms with E-state index in [2.05, 4.69) is 4.90 Å². The minimum absolute atomic E-state index is 0.0315. The fourth-order valence-corrected chi connectivity index (χ4v) is 4.62. The van der Waals surface area contributed by atoms with Crippen LogP contribution in [0.4, 0.5) is 0 Å². The number of hydrogen-bond acceptors (Lipinski definition) is 8. The number of carboxylic acid groups (broad SMARTS) is 1. The first-order valence-corrected chi connectivity index (χ1v) is 11.2. The van der Waals surface area contributed by atoms with Gasteiger partial charge in [0.1, 0.15) is 23.2 Å². The summed E-state index contributed by atoms with van der Waals surface area (Å²) >= 11 is 0. The molecule has 0 unspecified atom stereocenters. The molecule has 0 radical (unpaired) electrons. The quantitative estimate of drug-likeness (QED) is 0.391. The molecule has 0 spiro atoms. The Bertz CT molecular complexity index is 872. The van der Waals surface area contributed by atoms with Crippen LogP contribution < -0.4 is 4.74 Å². The van der Waals surface area contributed by atoms with Crippen molar-refractivity contribution in [1.82, 2.24) is 9.21 Å². The van der Waals surface area contributed by atoms with Crippen molar-refractivity contribution in [2.75, 3.05) is 32.4 Å². The predicted octanol–water partition coefficient (Wildman–Crippen LogP) is -0.797. The van der Waals surface area contributed by atoms with E-state index in [1.165, 1.54) is 22.7 Å². The summed E-state index contributed by atoms with van der Waals surface area (Å²) in [5, 5.41) is 37.7. The number of phenols is 1. The Morgan fingerprint density at radius 2 is 1.97 bits per heavy atom. The van der Waals surface area contributed by atoms with E-state index in [0.29, 0.717) is 31.7 Å². The maximum Gasteiger partial charge on any atom is 0.451 e. The zero-order valence-electron chi connectivity index (χ0n) is 16.1. The Hall–Kier alpha value is -1.86. The van der Waals surface area contributed by atoms with Crippen LogP contribution in [0.15, 0.2) is 12.1 Å². The van der Waals surface area contributed by atoms with Crippen molar-refractivity contribution in [3.05, 3.63) is 23.3 Å². The summed E-state index contributed by atoms with van der Waals surface area (Å²) in [5.74, 6) is -1.72. The van der Waals surface area contributed by atoms with Crippen molar-refractivity contribution < 1.29 is 38.2 Å². The second kappa shape index (κ2) is 8.48. The van der Waals surface area contributed by atoms with E-state index in [1.54, 1.807) is 0 Å². The van der Waals surface area contributed by atoms with Gasteiger partial charge in [0.2, 0.25) is 10.0 Å². The molecule has 2 heterocycles. The number of likely N-dealkylation sites (tertiary alicyclic amines) is 1. The number of aryl methyl sites for hydroxylation is 1. The van der Waals surface area contributed by atoms with Gasteiger partial charge < -0.3 is 25.0 Å². The van der Waals surface area contributed by atoms with Gasteiger partial charge in [-0.05, 0) is 30.8 Å². The second-order valence-electron chi connectivity index (χ2n) is 7.53. The highest BCUT2D eigenvalue weighted by atomic mass is 32.2. The second-order valence-corrected chi connectivity index (χ2v) is 9.51. The number of carboxylic acids is 1. The molecule has 0 amide bonds. The van der Waals surface area contributed by atoms with Crippen LogP contribution in [0, 0.1) is 0 Å². The van der Waals surface area contributed by atoms with Crippen LogP contribution in [0.2, 0.25) is 6.32 Å². The van der Waals surface area contributed by atoms with Crippen LogP contribution >= 0.6 is 0 Å². The lowest BCUT2D eigenvalue weighted by Gasteiger charge is -2.42. The van der Waals surface area contributed by atoms with Crippen LogP contribution in [-0.2, 0) is 16.4 Å². The number of aromatic carboxylic acids is 1. The summed E-state index contributed by atoms with van der Waals surface area (Å²) in [5.41, 5.74) is -0.0533. The molecule has 3 rings (SSSR count). The smallest absolute Gasteiger partial charge is 0.451 e. The molecule has 2 saturated heterocycles. The monoisotopic (exact) mass is 428 g/mol. The Morgan fingerprint density at radius 3 is 2.52 bits per heavy atom. The van der Waals surface area contributed by atoms with Crippen molar-refractivity contribution in [3.63, 3.8) is 0 Å². The Morgan fingerprint density at radius 1 is 1.28 bits per heavy atom. The largest absolute Gasteiger partial charge is 0.507 e. The molecule has 2 aliphatic rings. The fraction of sp³-hybridized carbons (Fsp3) is 0.588. The molecule has 0 aromatic heterocycles. The third-order valence-electron chi connectivity index (χ3n) is 5.39. The number of aromatic hydroxyl groups is 1. The zero-order chi connectivity index (χ0) is 21.3. The van der Waals surface area contributed by atoms with Crippen LogP contribution in [0.5, 0.6) is 11.5 Å². The molecule has 10 nitrogen and oxygen atoms in total. The lowest BCUT2D eigenvalue weighted by molar-refractivity contribution is -0.00589. The first-order chi connectivity index (χ1) is 13.6. The highest BCUT2D eigenvalue weighted by Gasteiger charge is 2.39. The lowest BCUT2D eigenvalue weighted by atomic mass is 9.82. The van der Waals surface area contributed by atoms with Crippen LogP contribution in [0.1, 0.15) is 22.3 Å². The molecule has 2 fully saturated rings. The average molecular weight is 428 g/mol. The number of nitrogens with zero attached hydrogens (tertiary/aromatic N) is 2. The molecule has 4 N–H and O–H groups in total. The Kier molecular flexibility index (Phi) is 6.39.